The molecule has 26 heavy (non-hydrogen) atoms. The van der Waals surface area contributed by atoms with Gasteiger partial charge in [-0.1, -0.05) is 6.92 Å². The van der Waals surface area contributed by atoms with E-state index >= 15 is 0 Å². The second-order valence-electron chi connectivity index (χ2n) is 6.38. The van der Waals surface area contributed by atoms with Gasteiger partial charge >= 0.3 is 5.97 Å². The van der Waals surface area contributed by atoms with Crippen LogP contribution in [0, 0.1) is 16.0 Å². The van der Waals surface area contributed by atoms with E-state index in [0.717, 1.165) is 37.3 Å². The van der Waals surface area contributed by atoms with E-state index in [1.54, 1.807) is 4.90 Å². The van der Waals surface area contributed by atoms with Crippen LogP contribution in [-0.2, 0) is 19.4 Å². The van der Waals surface area contributed by atoms with Crippen LogP contribution in [-0.4, -0.2) is 56.1 Å². The van der Waals surface area contributed by atoms with Crippen molar-refractivity contribution in [3.8, 4) is 0 Å². The summed E-state index contributed by atoms with van der Waals surface area (Å²) in [6, 6.07) is 2.95. The summed E-state index contributed by atoms with van der Waals surface area (Å²) in [6.07, 6.45) is 2.77. The molecule has 1 saturated heterocycles. The lowest BCUT2D eigenvalue weighted by atomic mass is 10.0. The predicted octanol–water partition coefficient (Wildman–Crippen LogP) is 1.41. The van der Waals surface area contributed by atoms with Crippen LogP contribution in [0.2, 0.25) is 0 Å². The molecule has 142 valence electrons. The normalized spacial score (nSPS) is 17.6. The average molecular weight is 384 g/mol. The molecule has 0 radical (unpaired) electrons. The lowest BCUT2D eigenvalue weighted by Gasteiger charge is -2.30. The minimum absolute atomic E-state index is 0.191. The third-order valence-corrected chi connectivity index (χ3v) is 5.27. The van der Waals surface area contributed by atoms with E-state index in [9.17, 15) is 28.1 Å². The standard InChI is InChI=1S/C16H20N2O7S/c1-11-4-3-7-17(9-11)15(19)10-25-16(20)12-5-6-14(26(2,23)24)13(8-12)18(21)22/h5-6,8,11H,3-4,7,9-10H2,1-2H3/t11-/m0/s1. The van der Waals surface area contributed by atoms with E-state index in [1.165, 1.54) is 0 Å². The predicted molar refractivity (Wildman–Crippen MR) is 91.5 cm³/mol. The molecule has 9 nitrogen and oxygen atoms in total. The second-order valence-corrected chi connectivity index (χ2v) is 8.36. The van der Waals surface area contributed by atoms with Gasteiger partial charge in [0.15, 0.2) is 16.4 Å². The van der Waals surface area contributed by atoms with Crippen molar-refractivity contribution >= 4 is 27.4 Å². The Hall–Kier alpha value is -2.49. The fourth-order valence-electron chi connectivity index (χ4n) is 2.82. The van der Waals surface area contributed by atoms with Crippen molar-refractivity contribution in [1.82, 2.24) is 4.90 Å². The number of nitro groups is 1. The number of likely N-dealkylation sites (tertiary alicyclic amines) is 1. The molecule has 1 aromatic carbocycles. The summed E-state index contributed by atoms with van der Waals surface area (Å²) in [4.78, 5) is 35.5. The van der Waals surface area contributed by atoms with Gasteiger partial charge in [0.1, 0.15) is 4.90 Å². The Bertz CT molecular complexity index is 835. The summed E-state index contributed by atoms with van der Waals surface area (Å²) in [5, 5.41) is 11.1. The molecule has 0 spiro atoms. The molecule has 10 heteroatoms. The number of hydrogen-bond acceptors (Lipinski definition) is 7. The van der Waals surface area contributed by atoms with Crippen LogP contribution in [0.4, 0.5) is 5.69 Å². The Morgan fingerprint density at radius 2 is 2.08 bits per heavy atom. The number of amides is 1. The van der Waals surface area contributed by atoms with Gasteiger partial charge in [-0.15, -0.1) is 0 Å². The van der Waals surface area contributed by atoms with Crippen LogP contribution < -0.4 is 0 Å². The van der Waals surface area contributed by atoms with E-state index < -0.39 is 37.9 Å². The zero-order chi connectivity index (χ0) is 19.5. The molecule has 1 atom stereocenters. The fraction of sp³-hybridized carbons (Fsp3) is 0.500. The van der Waals surface area contributed by atoms with Crippen LogP contribution in [0.15, 0.2) is 23.1 Å². The van der Waals surface area contributed by atoms with Crippen molar-refractivity contribution in [2.75, 3.05) is 26.0 Å². The van der Waals surface area contributed by atoms with Gasteiger partial charge < -0.3 is 9.64 Å². The maximum Gasteiger partial charge on any atom is 0.338 e. The van der Waals surface area contributed by atoms with Gasteiger partial charge in [0.2, 0.25) is 0 Å². The lowest BCUT2D eigenvalue weighted by Crippen LogP contribution is -2.41. The summed E-state index contributed by atoms with van der Waals surface area (Å²) < 4.78 is 28.1. The topological polar surface area (TPSA) is 124 Å². The summed E-state index contributed by atoms with van der Waals surface area (Å²) >= 11 is 0. The van der Waals surface area contributed by atoms with Crippen molar-refractivity contribution in [2.24, 2.45) is 5.92 Å². The number of nitrogens with zero attached hydrogens (tertiary/aromatic N) is 2. The molecule has 1 amide bonds. The highest BCUT2D eigenvalue weighted by molar-refractivity contribution is 7.90. The number of hydrogen-bond donors (Lipinski definition) is 0. The molecule has 1 aliphatic heterocycles. The monoisotopic (exact) mass is 384 g/mol. The van der Waals surface area contributed by atoms with Crippen LogP contribution in [0.3, 0.4) is 0 Å². The first kappa shape index (κ1) is 19.8. The Morgan fingerprint density at radius 3 is 2.65 bits per heavy atom. The van der Waals surface area contributed by atoms with Crippen LogP contribution in [0.25, 0.3) is 0 Å². The van der Waals surface area contributed by atoms with E-state index in [4.69, 9.17) is 4.74 Å². The number of piperidine rings is 1. The van der Waals surface area contributed by atoms with Gasteiger partial charge in [0.25, 0.3) is 11.6 Å². The van der Waals surface area contributed by atoms with E-state index in [-0.39, 0.29) is 11.5 Å². The highest BCUT2D eigenvalue weighted by atomic mass is 32.2. The quantitative estimate of drug-likeness (QED) is 0.427. The van der Waals surface area contributed by atoms with E-state index in [1.807, 2.05) is 6.92 Å². The van der Waals surface area contributed by atoms with Crippen molar-refractivity contribution in [1.29, 1.82) is 0 Å². The van der Waals surface area contributed by atoms with Gasteiger partial charge in [-0.3, -0.25) is 14.9 Å². The van der Waals surface area contributed by atoms with E-state index in [2.05, 4.69) is 0 Å². The number of esters is 1. The number of sulfone groups is 1. The van der Waals surface area contributed by atoms with Gasteiger partial charge in [-0.05, 0) is 30.9 Å². The Balaban J connectivity index is 2.09. The first-order valence-electron chi connectivity index (χ1n) is 8.03. The zero-order valence-corrected chi connectivity index (χ0v) is 15.3. The number of carbonyl (C=O) groups is 2. The SMILES string of the molecule is C[C@H]1CCCN(C(=O)COC(=O)c2ccc(S(C)(=O)=O)c([N+](=O)[O-])c2)C1. The molecule has 1 heterocycles. The number of ether oxygens (including phenoxy) is 1. The summed E-state index contributed by atoms with van der Waals surface area (Å²) in [5.41, 5.74) is -0.901. The number of nitro benzene ring substituents is 1. The number of benzene rings is 1. The van der Waals surface area contributed by atoms with Gasteiger partial charge in [0.05, 0.1) is 10.5 Å². The van der Waals surface area contributed by atoms with Crippen molar-refractivity contribution in [3.05, 3.63) is 33.9 Å². The maximum atomic E-state index is 12.1. The average Bonchev–Trinajstić information content (AvgIpc) is 2.58. The van der Waals surface area contributed by atoms with Crippen molar-refractivity contribution < 1.29 is 27.7 Å². The zero-order valence-electron chi connectivity index (χ0n) is 14.5. The summed E-state index contributed by atoms with van der Waals surface area (Å²) in [5.74, 6) is -0.867. The van der Waals surface area contributed by atoms with Gasteiger partial charge in [0, 0.05) is 25.4 Å². The summed E-state index contributed by atoms with van der Waals surface area (Å²) in [6.45, 7) is 2.78. The molecule has 1 aliphatic rings. The molecule has 0 unspecified atom stereocenters. The Labute approximate surface area is 151 Å². The van der Waals surface area contributed by atoms with Crippen molar-refractivity contribution in [2.45, 2.75) is 24.7 Å². The molecule has 1 fully saturated rings. The second kappa shape index (κ2) is 7.81. The molecule has 1 aromatic rings. The molecule has 0 aliphatic carbocycles. The first-order chi connectivity index (χ1) is 12.1. The smallest absolute Gasteiger partial charge is 0.338 e. The number of rotatable bonds is 5. The Kier molecular flexibility index (Phi) is 5.96. The molecule has 0 bridgehead atoms. The first-order valence-corrected chi connectivity index (χ1v) is 9.92. The molecule has 0 aromatic heterocycles. The number of carbonyl (C=O) groups excluding carboxylic acids is 2. The van der Waals surface area contributed by atoms with Crippen LogP contribution in [0.1, 0.15) is 30.1 Å². The highest BCUT2D eigenvalue weighted by Crippen LogP contribution is 2.25. The van der Waals surface area contributed by atoms with Gasteiger partial charge in [-0.25, -0.2) is 13.2 Å². The minimum Gasteiger partial charge on any atom is -0.452 e. The third-order valence-electron chi connectivity index (χ3n) is 4.13. The summed E-state index contributed by atoms with van der Waals surface area (Å²) in [7, 11) is -3.82. The minimum atomic E-state index is -3.82. The maximum absolute atomic E-state index is 12.1. The molecule has 2 rings (SSSR count). The molecular formula is C16H20N2O7S. The van der Waals surface area contributed by atoms with Crippen LogP contribution >= 0.6 is 0 Å². The third kappa shape index (κ3) is 4.78. The van der Waals surface area contributed by atoms with Gasteiger partial charge in [-0.2, -0.15) is 0 Å². The Morgan fingerprint density at radius 1 is 1.38 bits per heavy atom. The molecule has 0 N–H and O–H groups in total. The largest absolute Gasteiger partial charge is 0.452 e. The molecular weight excluding hydrogens is 364 g/mol. The van der Waals surface area contributed by atoms with E-state index in [0.29, 0.717) is 19.0 Å². The fourth-order valence-corrected chi connectivity index (χ4v) is 3.65. The highest BCUT2D eigenvalue weighted by Gasteiger charge is 2.26. The lowest BCUT2D eigenvalue weighted by molar-refractivity contribution is -0.387. The van der Waals surface area contributed by atoms with Crippen molar-refractivity contribution in [3.63, 3.8) is 0 Å². The molecule has 0 saturated carbocycles. The van der Waals surface area contributed by atoms with Crippen LogP contribution in [0.5, 0.6) is 0 Å².